The highest BCUT2D eigenvalue weighted by molar-refractivity contribution is 7.89. The van der Waals surface area contributed by atoms with Gasteiger partial charge in [0.05, 0.1) is 16.1 Å². The second-order valence-corrected chi connectivity index (χ2v) is 9.84. The fourth-order valence-electron chi connectivity index (χ4n) is 3.71. The van der Waals surface area contributed by atoms with Crippen LogP contribution in [-0.4, -0.2) is 57.3 Å². The predicted octanol–water partition coefficient (Wildman–Crippen LogP) is 4.01. The molecule has 7 nitrogen and oxygen atoms in total. The lowest BCUT2D eigenvalue weighted by atomic mass is 10.1. The summed E-state index contributed by atoms with van der Waals surface area (Å²) in [5.41, 5.74) is 1.13. The molecule has 0 spiro atoms. The molecule has 0 atom stereocenters. The van der Waals surface area contributed by atoms with Gasteiger partial charge in [-0.25, -0.2) is 13.2 Å². The van der Waals surface area contributed by atoms with E-state index in [2.05, 4.69) is 0 Å². The number of nitrogens with zero attached hydrogens (tertiary/aromatic N) is 2. The molecular weight excluding hydrogens is 452 g/mol. The number of hydrogen-bond acceptors (Lipinski definition) is 6. The average Bonchev–Trinajstić information content (AvgIpc) is 3.32. The van der Waals surface area contributed by atoms with Crippen molar-refractivity contribution in [1.29, 1.82) is 0 Å². The summed E-state index contributed by atoms with van der Waals surface area (Å²) in [6, 6.07) is 10.8. The van der Waals surface area contributed by atoms with Crippen molar-refractivity contribution in [3.05, 3.63) is 58.6 Å². The van der Waals surface area contributed by atoms with Crippen molar-refractivity contribution < 1.29 is 22.7 Å². The maximum Gasteiger partial charge on any atom is 0.340 e. The van der Waals surface area contributed by atoms with E-state index in [-0.39, 0.29) is 16.2 Å². The topological polar surface area (TPSA) is 84.0 Å². The first-order valence-corrected chi connectivity index (χ1v) is 12.4. The van der Waals surface area contributed by atoms with Gasteiger partial charge in [0.1, 0.15) is 0 Å². The molecule has 0 saturated carbocycles. The van der Waals surface area contributed by atoms with Gasteiger partial charge in [0.25, 0.3) is 0 Å². The van der Waals surface area contributed by atoms with Crippen molar-refractivity contribution in [2.75, 3.05) is 37.7 Å². The van der Waals surface area contributed by atoms with Gasteiger partial charge in [-0.2, -0.15) is 4.31 Å². The van der Waals surface area contributed by atoms with E-state index in [0.29, 0.717) is 29.4 Å². The summed E-state index contributed by atoms with van der Waals surface area (Å²) in [5.74, 6) is -1.10. The third-order valence-corrected chi connectivity index (χ3v) is 7.78. The fourth-order valence-corrected chi connectivity index (χ4v) is 5.32. The SMILES string of the molecule is CCN(CC)S(=O)(=O)c1ccc(N2CCCC2)c(C(=O)OCC(=O)c2ccc(Cl)cc2)c1. The summed E-state index contributed by atoms with van der Waals surface area (Å²) < 4.78 is 32.6. The number of anilines is 1. The van der Waals surface area contributed by atoms with E-state index in [9.17, 15) is 18.0 Å². The van der Waals surface area contributed by atoms with Crippen molar-refractivity contribution in [3.8, 4) is 0 Å². The molecule has 0 unspecified atom stereocenters. The number of carbonyl (C=O) groups is 2. The van der Waals surface area contributed by atoms with E-state index in [1.165, 1.54) is 16.4 Å². The number of halogens is 1. The number of esters is 1. The quantitative estimate of drug-likeness (QED) is 0.400. The van der Waals surface area contributed by atoms with Crippen LogP contribution in [0, 0.1) is 0 Å². The van der Waals surface area contributed by atoms with Gasteiger partial charge in [0.15, 0.2) is 12.4 Å². The smallest absolute Gasteiger partial charge is 0.340 e. The Balaban J connectivity index is 1.88. The highest BCUT2D eigenvalue weighted by Gasteiger charge is 2.27. The molecule has 2 aromatic carbocycles. The molecule has 32 heavy (non-hydrogen) atoms. The van der Waals surface area contributed by atoms with E-state index in [4.69, 9.17) is 16.3 Å². The number of benzene rings is 2. The first kappa shape index (κ1) is 24.2. The number of ether oxygens (including phenoxy) is 1. The van der Waals surface area contributed by atoms with Crippen LogP contribution in [0.3, 0.4) is 0 Å². The lowest BCUT2D eigenvalue weighted by Crippen LogP contribution is -2.31. The minimum absolute atomic E-state index is 0.0279. The largest absolute Gasteiger partial charge is 0.454 e. The van der Waals surface area contributed by atoms with Crippen LogP contribution in [0.4, 0.5) is 5.69 Å². The summed E-state index contributed by atoms with van der Waals surface area (Å²) in [6.07, 6.45) is 1.98. The van der Waals surface area contributed by atoms with Crippen molar-refractivity contribution in [1.82, 2.24) is 4.31 Å². The van der Waals surface area contributed by atoms with Gasteiger partial charge >= 0.3 is 5.97 Å². The first-order chi connectivity index (χ1) is 15.3. The maximum absolute atomic E-state index is 13.0. The molecule has 0 aromatic heterocycles. The zero-order chi connectivity index (χ0) is 23.3. The Morgan fingerprint density at radius 2 is 1.66 bits per heavy atom. The van der Waals surface area contributed by atoms with Crippen LogP contribution in [0.1, 0.15) is 47.4 Å². The summed E-state index contributed by atoms with van der Waals surface area (Å²) in [7, 11) is -3.75. The second kappa shape index (κ2) is 10.5. The maximum atomic E-state index is 13.0. The Morgan fingerprint density at radius 1 is 1.03 bits per heavy atom. The molecule has 3 rings (SSSR count). The molecule has 1 aliphatic rings. The second-order valence-electron chi connectivity index (χ2n) is 7.47. The van der Waals surface area contributed by atoms with Crippen LogP contribution in [0.25, 0.3) is 0 Å². The Labute approximate surface area is 194 Å². The molecule has 1 heterocycles. The van der Waals surface area contributed by atoms with Crippen LogP contribution < -0.4 is 4.90 Å². The number of carbonyl (C=O) groups excluding carboxylic acids is 2. The lowest BCUT2D eigenvalue weighted by Gasteiger charge is -2.23. The van der Waals surface area contributed by atoms with Gasteiger partial charge in [-0.1, -0.05) is 25.4 Å². The molecule has 1 fully saturated rings. The monoisotopic (exact) mass is 478 g/mol. The Hall–Kier alpha value is -2.42. The number of hydrogen-bond donors (Lipinski definition) is 0. The highest BCUT2D eigenvalue weighted by atomic mass is 35.5. The number of sulfonamides is 1. The summed E-state index contributed by atoms with van der Waals surface area (Å²) in [4.78, 5) is 27.4. The molecular formula is C23H27ClN2O5S. The number of ketones is 1. The Bertz CT molecular complexity index is 1080. The van der Waals surface area contributed by atoms with E-state index in [0.717, 1.165) is 25.9 Å². The van der Waals surface area contributed by atoms with Crippen molar-refractivity contribution >= 4 is 39.1 Å². The molecule has 2 aromatic rings. The van der Waals surface area contributed by atoms with Gasteiger partial charge in [0, 0.05) is 36.8 Å². The molecule has 172 valence electrons. The molecule has 1 saturated heterocycles. The summed E-state index contributed by atoms with van der Waals surface area (Å²) >= 11 is 5.84. The Kier molecular flexibility index (Phi) is 7.92. The van der Waals surface area contributed by atoms with Gasteiger partial charge in [-0.05, 0) is 55.3 Å². The third-order valence-electron chi connectivity index (χ3n) is 5.48. The zero-order valence-electron chi connectivity index (χ0n) is 18.2. The lowest BCUT2D eigenvalue weighted by molar-refractivity contribution is 0.0475. The first-order valence-electron chi connectivity index (χ1n) is 10.6. The zero-order valence-corrected chi connectivity index (χ0v) is 19.8. The standard InChI is InChI=1S/C23H27ClN2O5S/c1-3-26(4-2)32(29,30)19-11-12-21(25-13-5-6-14-25)20(15-19)23(28)31-16-22(27)17-7-9-18(24)10-8-17/h7-12,15H,3-6,13-14,16H2,1-2H3. The van der Waals surface area contributed by atoms with Crippen LogP contribution in [0.15, 0.2) is 47.4 Å². The van der Waals surface area contributed by atoms with Crippen molar-refractivity contribution in [2.24, 2.45) is 0 Å². The van der Waals surface area contributed by atoms with E-state index in [1.807, 2.05) is 4.90 Å². The van der Waals surface area contributed by atoms with Crippen LogP contribution >= 0.6 is 11.6 Å². The van der Waals surface area contributed by atoms with Gasteiger partial charge in [-0.15, -0.1) is 0 Å². The van der Waals surface area contributed by atoms with Crippen LogP contribution in [-0.2, 0) is 14.8 Å². The summed E-state index contributed by atoms with van der Waals surface area (Å²) in [6.45, 7) is 5.25. The minimum Gasteiger partial charge on any atom is -0.454 e. The predicted molar refractivity (Wildman–Crippen MR) is 124 cm³/mol. The van der Waals surface area contributed by atoms with E-state index < -0.39 is 22.6 Å². The van der Waals surface area contributed by atoms with Crippen LogP contribution in [0.5, 0.6) is 0 Å². The van der Waals surface area contributed by atoms with Gasteiger partial charge in [0.2, 0.25) is 10.0 Å². The molecule has 0 radical (unpaired) electrons. The van der Waals surface area contributed by atoms with Gasteiger partial charge < -0.3 is 9.64 Å². The van der Waals surface area contributed by atoms with E-state index >= 15 is 0 Å². The van der Waals surface area contributed by atoms with Crippen molar-refractivity contribution in [3.63, 3.8) is 0 Å². The molecule has 0 aliphatic carbocycles. The van der Waals surface area contributed by atoms with Crippen LogP contribution in [0.2, 0.25) is 5.02 Å². The van der Waals surface area contributed by atoms with E-state index in [1.54, 1.807) is 44.2 Å². The number of rotatable bonds is 9. The Morgan fingerprint density at radius 3 is 2.25 bits per heavy atom. The fraction of sp³-hybridized carbons (Fsp3) is 0.391. The molecule has 0 amide bonds. The molecule has 9 heteroatoms. The minimum atomic E-state index is -3.75. The highest BCUT2D eigenvalue weighted by Crippen LogP contribution is 2.29. The molecule has 0 N–H and O–H groups in total. The molecule has 1 aliphatic heterocycles. The normalized spacial score (nSPS) is 14.1. The molecule has 0 bridgehead atoms. The third kappa shape index (κ3) is 5.31. The number of Topliss-reactive ketones (excluding diaryl/α,β-unsaturated/α-hetero) is 1. The van der Waals surface area contributed by atoms with Crippen molar-refractivity contribution in [2.45, 2.75) is 31.6 Å². The average molecular weight is 479 g/mol. The van der Waals surface area contributed by atoms with Gasteiger partial charge in [-0.3, -0.25) is 4.79 Å². The summed E-state index contributed by atoms with van der Waals surface area (Å²) in [5, 5.41) is 0.500.